The van der Waals surface area contributed by atoms with Gasteiger partial charge in [-0.15, -0.1) is 0 Å². The number of ether oxygens (including phenoxy) is 3. The molecule has 1 aliphatic heterocycles. The highest BCUT2D eigenvalue weighted by Gasteiger charge is 2.35. The SMILES string of the molecule is CCOC(=O)C1=C(c2ccccc2)N=c2s/c(=C\c3ccc(OCc4ccccc4)c(OC)c3)c(=O)n2[C@H]1c1ccc(F)cc1. The maximum atomic E-state index is 14.1. The standard InChI is InChI=1S/C36H29FN2O5S/c1-3-43-35(41)31-32(25-12-8-5-9-13-25)38-36-39(33(31)26-15-17-27(37)18-16-26)34(40)30(45-36)21-24-14-19-28(29(20-24)42-2)44-22-23-10-6-4-7-11-23/h4-21,33H,3,22H2,1-2H3/b30-21-/t33-/m0/s1. The first-order valence-electron chi connectivity index (χ1n) is 14.4. The van der Waals surface area contributed by atoms with E-state index in [9.17, 15) is 14.0 Å². The Balaban J connectivity index is 1.48. The predicted octanol–water partition coefficient (Wildman–Crippen LogP) is 5.66. The quantitative estimate of drug-likeness (QED) is 0.199. The lowest BCUT2D eigenvalue weighted by molar-refractivity contribution is -0.138. The fraction of sp³-hybridized carbons (Fsp3) is 0.139. The Hall–Kier alpha value is -5.28. The second-order valence-corrected chi connectivity index (χ2v) is 11.2. The molecule has 1 atom stereocenters. The fourth-order valence-corrected chi connectivity index (χ4v) is 6.18. The maximum Gasteiger partial charge on any atom is 0.338 e. The smallest absolute Gasteiger partial charge is 0.338 e. The number of rotatable bonds is 9. The van der Waals surface area contributed by atoms with Crippen LogP contribution in [0.15, 0.2) is 118 Å². The van der Waals surface area contributed by atoms with Crippen molar-refractivity contribution in [1.29, 1.82) is 0 Å². The molecule has 0 bridgehead atoms. The predicted molar refractivity (Wildman–Crippen MR) is 171 cm³/mol. The molecule has 0 saturated carbocycles. The van der Waals surface area contributed by atoms with Crippen molar-refractivity contribution in [2.75, 3.05) is 13.7 Å². The number of halogens is 1. The van der Waals surface area contributed by atoms with Gasteiger partial charge in [0.1, 0.15) is 12.4 Å². The number of hydrogen-bond donors (Lipinski definition) is 0. The van der Waals surface area contributed by atoms with Crippen molar-refractivity contribution in [2.45, 2.75) is 19.6 Å². The number of aromatic nitrogens is 1. The molecule has 0 saturated heterocycles. The molecule has 9 heteroatoms. The van der Waals surface area contributed by atoms with E-state index in [2.05, 4.69) is 0 Å². The number of carbonyl (C=O) groups excluding carboxylic acids is 1. The summed E-state index contributed by atoms with van der Waals surface area (Å²) in [7, 11) is 1.56. The summed E-state index contributed by atoms with van der Waals surface area (Å²) in [5.41, 5.74) is 3.25. The molecule has 0 N–H and O–H groups in total. The van der Waals surface area contributed by atoms with Crippen LogP contribution in [-0.4, -0.2) is 24.3 Å². The van der Waals surface area contributed by atoms with Crippen LogP contribution in [0.4, 0.5) is 4.39 Å². The second kappa shape index (κ2) is 13.2. The van der Waals surface area contributed by atoms with Crippen LogP contribution < -0.4 is 24.4 Å². The first-order valence-corrected chi connectivity index (χ1v) is 15.2. The molecule has 6 rings (SSSR count). The van der Waals surface area contributed by atoms with Crippen molar-refractivity contribution in [3.63, 3.8) is 0 Å². The van der Waals surface area contributed by atoms with Gasteiger partial charge in [-0.05, 0) is 54.0 Å². The normalized spacial score (nSPS) is 14.5. The molecule has 0 fully saturated rings. The summed E-state index contributed by atoms with van der Waals surface area (Å²) in [5.74, 6) is 0.0660. The zero-order valence-corrected chi connectivity index (χ0v) is 25.4. The highest BCUT2D eigenvalue weighted by Crippen LogP contribution is 2.35. The highest BCUT2D eigenvalue weighted by atomic mass is 32.1. The molecule has 0 radical (unpaired) electrons. The molecule has 0 amide bonds. The topological polar surface area (TPSA) is 79.1 Å². The second-order valence-electron chi connectivity index (χ2n) is 10.2. The van der Waals surface area contributed by atoms with Crippen molar-refractivity contribution < 1.29 is 23.4 Å². The van der Waals surface area contributed by atoms with Gasteiger partial charge in [0.2, 0.25) is 0 Å². The number of nitrogens with zero attached hydrogens (tertiary/aromatic N) is 2. The summed E-state index contributed by atoms with van der Waals surface area (Å²) in [4.78, 5) is 32.9. The Morgan fingerprint density at radius 2 is 1.67 bits per heavy atom. The van der Waals surface area contributed by atoms with Crippen LogP contribution in [0, 0.1) is 5.82 Å². The van der Waals surface area contributed by atoms with Crippen LogP contribution in [0.5, 0.6) is 11.5 Å². The Morgan fingerprint density at radius 3 is 2.36 bits per heavy atom. The molecule has 0 unspecified atom stereocenters. The van der Waals surface area contributed by atoms with Gasteiger partial charge in [0.15, 0.2) is 16.3 Å². The average Bonchev–Trinajstić information content (AvgIpc) is 3.38. The Morgan fingerprint density at radius 1 is 0.956 bits per heavy atom. The monoisotopic (exact) mass is 620 g/mol. The van der Waals surface area contributed by atoms with Gasteiger partial charge in [0.05, 0.1) is 35.6 Å². The van der Waals surface area contributed by atoms with Crippen LogP contribution in [0.1, 0.15) is 35.2 Å². The first-order chi connectivity index (χ1) is 22.0. The summed E-state index contributed by atoms with van der Waals surface area (Å²) in [6.45, 7) is 2.23. The molecule has 45 heavy (non-hydrogen) atoms. The molecule has 7 nitrogen and oxygen atoms in total. The fourth-order valence-electron chi connectivity index (χ4n) is 5.18. The molecule has 1 aliphatic rings. The largest absolute Gasteiger partial charge is 0.493 e. The van der Waals surface area contributed by atoms with Crippen molar-refractivity contribution in [3.8, 4) is 11.5 Å². The Labute approximate surface area is 262 Å². The van der Waals surface area contributed by atoms with Gasteiger partial charge < -0.3 is 14.2 Å². The zero-order chi connectivity index (χ0) is 31.3. The Kier molecular flexibility index (Phi) is 8.70. The van der Waals surface area contributed by atoms with Crippen molar-refractivity contribution >= 4 is 29.1 Å². The van der Waals surface area contributed by atoms with Gasteiger partial charge in [0.25, 0.3) is 5.56 Å². The third-order valence-electron chi connectivity index (χ3n) is 7.28. The summed E-state index contributed by atoms with van der Waals surface area (Å²) in [6.07, 6.45) is 1.76. The number of methoxy groups -OCH3 is 1. The van der Waals surface area contributed by atoms with E-state index in [1.165, 1.54) is 28.0 Å². The van der Waals surface area contributed by atoms with Crippen LogP contribution in [0.3, 0.4) is 0 Å². The molecular formula is C36H29FN2O5S. The summed E-state index contributed by atoms with van der Waals surface area (Å²) < 4.78 is 33.0. The molecule has 0 aliphatic carbocycles. The number of benzene rings is 4. The minimum atomic E-state index is -0.887. The van der Waals surface area contributed by atoms with Crippen LogP contribution in [-0.2, 0) is 16.1 Å². The summed E-state index contributed by atoms with van der Waals surface area (Å²) >= 11 is 1.20. The number of hydrogen-bond acceptors (Lipinski definition) is 7. The van der Waals surface area contributed by atoms with E-state index in [1.54, 1.807) is 44.4 Å². The minimum absolute atomic E-state index is 0.137. The molecule has 4 aromatic carbocycles. The van der Waals surface area contributed by atoms with Crippen LogP contribution in [0.25, 0.3) is 11.8 Å². The first kappa shape index (κ1) is 29.8. The van der Waals surface area contributed by atoms with Gasteiger partial charge in [-0.2, -0.15) is 0 Å². The zero-order valence-electron chi connectivity index (χ0n) is 24.6. The van der Waals surface area contributed by atoms with Gasteiger partial charge in [-0.25, -0.2) is 14.2 Å². The highest BCUT2D eigenvalue weighted by molar-refractivity contribution is 7.07. The minimum Gasteiger partial charge on any atom is -0.493 e. The summed E-state index contributed by atoms with van der Waals surface area (Å²) in [5, 5.41) is 0. The van der Waals surface area contributed by atoms with Gasteiger partial charge in [-0.3, -0.25) is 9.36 Å². The molecule has 5 aromatic rings. The van der Waals surface area contributed by atoms with Gasteiger partial charge in [-0.1, -0.05) is 90.2 Å². The van der Waals surface area contributed by atoms with E-state index in [0.29, 0.717) is 44.3 Å². The van der Waals surface area contributed by atoms with E-state index in [-0.39, 0.29) is 17.7 Å². The maximum absolute atomic E-state index is 14.1. The van der Waals surface area contributed by atoms with Crippen molar-refractivity contribution in [3.05, 3.63) is 156 Å². The lowest BCUT2D eigenvalue weighted by Crippen LogP contribution is -2.40. The number of carbonyl (C=O) groups is 1. The van der Waals surface area contributed by atoms with E-state index < -0.39 is 17.8 Å². The van der Waals surface area contributed by atoms with Gasteiger partial charge in [0, 0.05) is 5.56 Å². The number of thiazole rings is 1. The third kappa shape index (κ3) is 6.21. The van der Waals surface area contributed by atoms with E-state index in [1.807, 2.05) is 66.7 Å². The van der Waals surface area contributed by atoms with E-state index >= 15 is 0 Å². The molecular weight excluding hydrogens is 591 g/mol. The lowest BCUT2D eigenvalue weighted by Gasteiger charge is -2.25. The third-order valence-corrected chi connectivity index (χ3v) is 8.26. The average molecular weight is 621 g/mol. The van der Waals surface area contributed by atoms with E-state index in [0.717, 1.165) is 11.1 Å². The molecule has 226 valence electrons. The van der Waals surface area contributed by atoms with Gasteiger partial charge >= 0.3 is 5.97 Å². The molecule has 0 spiro atoms. The van der Waals surface area contributed by atoms with E-state index in [4.69, 9.17) is 19.2 Å². The number of fused-ring (bicyclic) bond motifs is 1. The Bertz CT molecular complexity index is 2050. The molecule has 2 heterocycles. The van der Waals surface area contributed by atoms with Crippen molar-refractivity contribution in [1.82, 2.24) is 4.57 Å². The van der Waals surface area contributed by atoms with Crippen molar-refractivity contribution in [2.24, 2.45) is 4.99 Å². The summed E-state index contributed by atoms with van der Waals surface area (Å²) in [6, 6.07) is 29.4. The van der Waals surface area contributed by atoms with Crippen LogP contribution in [0.2, 0.25) is 0 Å². The number of esters is 1. The molecule has 1 aromatic heterocycles. The van der Waals surface area contributed by atoms with Crippen LogP contribution >= 0.6 is 11.3 Å². The lowest BCUT2D eigenvalue weighted by atomic mass is 9.93.